The lowest BCUT2D eigenvalue weighted by Gasteiger charge is -2.47. The van der Waals surface area contributed by atoms with Gasteiger partial charge in [0.15, 0.2) is 35.6 Å². The van der Waals surface area contributed by atoms with Gasteiger partial charge in [-0.05, 0) is 47.9 Å². The van der Waals surface area contributed by atoms with Gasteiger partial charge in [0, 0.05) is 11.8 Å². The summed E-state index contributed by atoms with van der Waals surface area (Å²) < 4.78 is 51.5. The van der Waals surface area contributed by atoms with Crippen LogP contribution in [0.4, 0.5) is 0 Å². The van der Waals surface area contributed by atoms with Crippen LogP contribution < -0.4 is 18.9 Å². The minimum absolute atomic E-state index is 0.0301. The molecule has 2 aromatic carbocycles. The number of hydrogen-bond donors (Lipinski definition) is 3. The molecule has 3 saturated heterocycles. The fourth-order valence-electron chi connectivity index (χ4n) is 6.74. The van der Waals surface area contributed by atoms with E-state index in [-0.39, 0.29) is 37.3 Å². The fourth-order valence-corrected chi connectivity index (χ4v) is 6.74. The average Bonchev–Trinajstić information content (AvgIpc) is 3.61. The van der Waals surface area contributed by atoms with Crippen LogP contribution in [0.1, 0.15) is 35.6 Å². The van der Waals surface area contributed by atoms with Crippen molar-refractivity contribution in [2.45, 2.75) is 55.9 Å². The molecule has 3 fully saturated rings. The molecule has 7 rings (SSSR count). The standard InChI is InChI=1S/C29H32O13/c1-11-36-9-20-27(40-11)24(31)25(32)29(41-20)42-26-14-7-17-16(38-10-39-17)6-13(14)21(22-15(26)8-37-28(22)33)12-4-18(34-2)23(30)19(5-12)35-3/h4-7,11,15,20-22,24-27,29-32H,8-10H2,1-3H3/t11?,15?,20?,21?,22?,24?,25?,26?,27-,29?/m0/s1. The lowest BCUT2D eigenvalue weighted by molar-refractivity contribution is -0.364. The minimum Gasteiger partial charge on any atom is -0.502 e. The number of benzene rings is 2. The number of cyclic esters (lactones) is 1. The smallest absolute Gasteiger partial charge is 0.310 e. The number of aromatic hydroxyl groups is 1. The van der Waals surface area contributed by atoms with E-state index in [9.17, 15) is 20.1 Å². The lowest BCUT2D eigenvalue weighted by Crippen LogP contribution is -2.63. The van der Waals surface area contributed by atoms with E-state index in [1.165, 1.54) is 14.2 Å². The van der Waals surface area contributed by atoms with Crippen molar-refractivity contribution < 1.29 is 62.7 Å². The quantitative estimate of drug-likeness (QED) is 0.430. The Bertz CT molecular complexity index is 1350. The van der Waals surface area contributed by atoms with E-state index in [1.807, 2.05) is 0 Å². The predicted octanol–water partition coefficient (Wildman–Crippen LogP) is 1.34. The molecule has 42 heavy (non-hydrogen) atoms. The van der Waals surface area contributed by atoms with Crippen LogP contribution in [0.2, 0.25) is 0 Å². The summed E-state index contributed by atoms with van der Waals surface area (Å²) in [5, 5.41) is 32.5. The Balaban J connectivity index is 1.32. The summed E-state index contributed by atoms with van der Waals surface area (Å²) in [5.41, 5.74) is 2.01. The normalized spacial score (nSPS) is 36.5. The van der Waals surface area contributed by atoms with E-state index in [2.05, 4.69) is 0 Å². The number of fused-ring (bicyclic) bond motifs is 4. The van der Waals surface area contributed by atoms with Crippen LogP contribution in [-0.4, -0.2) is 92.5 Å². The molecule has 4 heterocycles. The highest BCUT2D eigenvalue weighted by atomic mass is 16.8. The van der Waals surface area contributed by atoms with E-state index in [0.717, 1.165) is 0 Å². The molecular formula is C29H32O13. The zero-order valence-corrected chi connectivity index (χ0v) is 23.1. The van der Waals surface area contributed by atoms with Crippen molar-refractivity contribution in [3.8, 4) is 28.7 Å². The summed E-state index contributed by atoms with van der Waals surface area (Å²) in [6.07, 6.45) is -6.80. The summed E-state index contributed by atoms with van der Waals surface area (Å²) in [6.45, 7) is 1.93. The second kappa shape index (κ2) is 10.4. The van der Waals surface area contributed by atoms with Gasteiger partial charge in [0.05, 0.1) is 39.5 Å². The largest absolute Gasteiger partial charge is 0.502 e. The number of ether oxygens (including phenoxy) is 9. The van der Waals surface area contributed by atoms with Crippen molar-refractivity contribution >= 4 is 5.97 Å². The molecule has 0 amide bonds. The highest BCUT2D eigenvalue weighted by Crippen LogP contribution is 2.57. The molecule has 0 bridgehead atoms. The number of carbonyl (C=O) groups is 1. The topological polar surface area (TPSA) is 161 Å². The molecule has 0 saturated carbocycles. The van der Waals surface area contributed by atoms with Crippen molar-refractivity contribution in [1.29, 1.82) is 0 Å². The number of methoxy groups -OCH3 is 2. The molecule has 9 unspecified atom stereocenters. The Hall–Kier alpha value is -3.33. The van der Waals surface area contributed by atoms with Crippen LogP contribution >= 0.6 is 0 Å². The van der Waals surface area contributed by atoms with E-state index < -0.39 is 66.8 Å². The molecule has 226 valence electrons. The zero-order valence-electron chi connectivity index (χ0n) is 23.1. The second-order valence-electron chi connectivity index (χ2n) is 11.0. The maximum atomic E-state index is 13.4. The third-order valence-corrected chi connectivity index (χ3v) is 8.75. The third kappa shape index (κ3) is 4.26. The monoisotopic (exact) mass is 588 g/mol. The van der Waals surface area contributed by atoms with Crippen molar-refractivity contribution in [1.82, 2.24) is 0 Å². The van der Waals surface area contributed by atoms with Crippen LogP contribution in [0.15, 0.2) is 24.3 Å². The number of phenolic OH excluding ortho intramolecular Hbond substituents is 1. The Morgan fingerprint density at radius 2 is 1.57 bits per heavy atom. The van der Waals surface area contributed by atoms with Gasteiger partial charge in [-0.1, -0.05) is 0 Å². The molecule has 13 nitrogen and oxygen atoms in total. The number of phenols is 1. The molecule has 10 atom stereocenters. The van der Waals surface area contributed by atoms with E-state index in [4.69, 9.17) is 42.6 Å². The Labute approximate surface area is 240 Å². The Morgan fingerprint density at radius 1 is 0.881 bits per heavy atom. The number of esters is 1. The van der Waals surface area contributed by atoms with Gasteiger partial charge in [-0.25, -0.2) is 0 Å². The van der Waals surface area contributed by atoms with Gasteiger partial charge in [-0.2, -0.15) is 0 Å². The first-order chi connectivity index (χ1) is 20.3. The first-order valence-corrected chi connectivity index (χ1v) is 13.8. The van der Waals surface area contributed by atoms with E-state index in [0.29, 0.717) is 28.2 Å². The number of hydrogen-bond acceptors (Lipinski definition) is 13. The van der Waals surface area contributed by atoms with E-state index in [1.54, 1.807) is 31.2 Å². The molecule has 4 aliphatic heterocycles. The van der Waals surface area contributed by atoms with Crippen LogP contribution in [-0.2, 0) is 28.5 Å². The predicted molar refractivity (Wildman–Crippen MR) is 138 cm³/mol. The first kappa shape index (κ1) is 27.5. The fraction of sp³-hybridized carbons (Fsp3) is 0.552. The van der Waals surface area contributed by atoms with Gasteiger partial charge in [0.2, 0.25) is 12.5 Å². The van der Waals surface area contributed by atoms with Crippen molar-refractivity contribution in [3.63, 3.8) is 0 Å². The van der Waals surface area contributed by atoms with Crippen molar-refractivity contribution in [2.24, 2.45) is 11.8 Å². The summed E-state index contributed by atoms with van der Waals surface area (Å²) in [4.78, 5) is 13.4. The molecule has 13 heteroatoms. The molecule has 1 aliphatic carbocycles. The molecule has 2 aromatic rings. The van der Waals surface area contributed by atoms with Gasteiger partial charge in [0.1, 0.15) is 24.4 Å². The average molecular weight is 589 g/mol. The number of aliphatic hydroxyl groups excluding tert-OH is 2. The van der Waals surface area contributed by atoms with E-state index >= 15 is 0 Å². The lowest BCUT2D eigenvalue weighted by atomic mass is 9.66. The van der Waals surface area contributed by atoms with Crippen LogP contribution in [0, 0.1) is 11.8 Å². The van der Waals surface area contributed by atoms with Gasteiger partial charge in [-0.3, -0.25) is 4.79 Å². The molecule has 0 radical (unpaired) electrons. The highest BCUT2D eigenvalue weighted by Gasteiger charge is 2.56. The van der Waals surface area contributed by atoms with Gasteiger partial charge in [-0.15, -0.1) is 0 Å². The SMILES string of the molecule is COc1cc(C2c3cc4c(cc3C(OC3OC5COC(C)O[C@@H]5C(O)C3O)C3COC(=O)C23)OCO4)cc(OC)c1O. The van der Waals surface area contributed by atoms with Crippen molar-refractivity contribution in [2.75, 3.05) is 34.2 Å². The minimum atomic E-state index is -1.44. The maximum Gasteiger partial charge on any atom is 0.310 e. The summed E-state index contributed by atoms with van der Waals surface area (Å²) in [6, 6.07) is 6.93. The number of carbonyl (C=O) groups excluding carboxylic acids is 1. The molecular weight excluding hydrogens is 556 g/mol. The Kier molecular flexibility index (Phi) is 6.83. The van der Waals surface area contributed by atoms with Crippen LogP contribution in [0.3, 0.4) is 0 Å². The summed E-state index contributed by atoms with van der Waals surface area (Å²) in [5.74, 6) is -1.02. The zero-order chi connectivity index (χ0) is 29.3. The molecule has 0 aromatic heterocycles. The summed E-state index contributed by atoms with van der Waals surface area (Å²) >= 11 is 0. The molecule has 0 spiro atoms. The van der Waals surface area contributed by atoms with Crippen LogP contribution in [0.25, 0.3) is 0 Å². The first-order valence-electron chi connectivity index (χ1n) is 13.8. The van der Waals surface area contributed by atoms with Crippen molar-refractivity contribution in [3.05, 3.63) is 41.0 Å². The molecule has 3 N–H and O–H groups in total. The second-order valence-corrected chi connectivity index (χ2v) is 11.0. The van der Waals surface area contributed by atoms with Gasteiger partial charge < -0.3 is 58.0 Å². The number of aliphatic hydroxyl groups is 2. The Morgan fingerprint density at radius 3 is 2.26 bits per heavy atom. The maximum absolute atomic E-state index is 13.4. The van der Waals surface area contributed by atoms with Gasteiger partial charge >= 0.3 is 5.97 Å². The third-order valence-electron chi connectivity index (χ3n) is 8.75. The highest BCUT2D eigenvalue weighted by molar-refractivity contribution is 5.79. The molecule has 5 aliphatic rings. The van der Waals surface area contributed by atoms with Crippen LogP contribution in [0.5, 0.6) is 28.7 Å². The summed E-state index contributed by atoms with van der Waals surface area (Å²) in [7, 11) is 2.86. The number of rotatable bonds is 5. The van der Waals surface area contributed by atoms with Gasteiger partial charge in [0.25, 0.3) is 0 Å².